The molecular formula is C16H25NO. The van der Waals surface area contributed by atoms with E-state index in [1.54, 1.807) is 0 Å². The Morgan fingerprint density at radius 2 is 2.00 bits per heavy atom. The molecule has 0 aliphatic carbocycles. The summed E-state index contributed by atoms with van der Waals surface area (Å²) in [5, 5.41) is 10.8. The monoisotopic (exact) mass is 247 g/mol. The summed E-state index contributed by atoms with van der Waals surface area (Å²) in [6, 6.07) is 8.26. The molecule has 1 aliphatic heterocycles. The number of nitrogens with zero attached hydrogens (tertiary/aromatic N) is 1. The van der Waals surface area contributed by atoms with Crippen molar-refractivity contribution in [2.75, 3.05) is 13.1 Å². The predicted molar refractivity (Wildman–Crippen MR) is 75.6 cm³/mol. The Hall–Kier alpha value is -0.860. The number of hydrogen-bond donors (Lipinski definition) is 1. The second kappa shape index (κ2) is 5.41. The maximum Gasteiger partial charge on any atom is 0.0970 e. The molecule has 100 valence electrons. The van der Waals surface area contributed by atoms with E-state index >= 15 is 0 Å². The van der Waals surface area contributed by atoms with Crippen LogP contribution in [-0.4, -0.2) is 28.6 Å². The van der Waals surface area contributed by atoms with Crippen molar-refractivity contribution in [1.82, 2.24) is 4.90 Å². The Bertz CT molecular complexity index is 398. The molecule has 1 N–H and O–H groups in total. The van der Waals surface area contributed by atoms with E-state index in [4.69, 9.17) is 0 Å². The van der Waals surface area contributed by atoms with Gasteiger partial charge in [0.2, 0.25) is 0 Å². The highest BCUT2D eigenvalue weighted by atomic mass is 16.3. The van der Waals surface area contributed by atoms with Gasteiger partial charge >= 0.3 is 0 Å². The van der Waals surface area contributed by atoms with Crippen LogP contribution >= 0.6 is 0 Å². The van der Waals surface area contributed by atoms with Gasteiger partial charge in [0.25, 0.3) is 0 Å². The zero-order valence-corrected chi connectivity index (χ0v) is 11.8. The van der Waals surface area contributed by atoms with Crippen molar-refractivity contribution in [1.29, 1.82) is 0 Å². The van der Waals surface area contributed by atoms with Crippen LogP contribution in [0.5, 0.6) is 0 Å². The zero-order valence-electron chi connectivity index (χ0n) is 11.8. The van der Waals surface area contributed by atoms with Crippen LogP contribution in [0.2, 0.25) is 0 Å². The average Bonchev–Trinajstić information content (AvgIpc) is 2.91. The highest BCUT2D eigenvalue weighted by Crippen LogP contribution is 2.36. The molecule has 1 aromatic rings. The van der Waals surface area contributed by atoms with Crippen molar-refractivity contribution in [3.05, 3.63) is 35.4 Å². The van der Waals surface area contributed by atoms with E-state index in [2.05, 4.69) is 37.8 Å². The number of aliphatic hydroxyl groups excluding tert-OH is 1. The summed E-state index contributed by atoms with van der Waals surface area (Å²) in [6.45, 7) is 8.69. The molecule has 1 heterocycles. The molecule has 2 unspecified atom stereocenters. The molecule has 0 saturated carbocycles. The molecule has 0 bridgehead atoms. The summed E-state index contributed by atoms with van der Waals surface area (Å²) in [4.78, 5) is 2.46. The van der Waals surface area contributed by atoms with Crippen LogP contribution in [0.4, 0.5) is 0 Å². The second-order valence-electron chi connectivity index (χ2n) is 5.72. The number of aliphatic hydroxyl groups is 1. The van der Waals surface area contributed by atoms with Gasteiger partial charge in [0, 0.05) is 5.54 Å². The summed E-state index contributed by atoms with van der Waals surface area (Å²) < 4.78 is 0. The van der Waals surface area contributed by atoms with Crippen molar-refractivity contribution in [3.8, 4) is 0 Å². The van der Waals surface area contributed by atoms with Crippen molar-refractivity contribution in [2.45, 2.75) is 51.7 Å². The minimum absolute atomic E-state index is 0.135. The number of benzene rings is 1. The fourth-order valence-corrected chi connectivity index (χ4v) is 3.02. The zero-order chi connectivity index (χ0) is 13.2. The van der Waals surface area contributed by atoms with Gasteiger partial charge in [0.1, 0.15) is 0 Å². The standard InChI is InChI=1S/C16H25NO/c1-4-16(3,17-10-5-6-11-17)15(18)14-9-7-8-13(2)12-14/h7-9,12,15,18H,4-6,10-11H2,1-3H3. The molecule has 2 rings (SSSR count). The fraction of sp³-hybridized carbons (Fsp3) is 0.625. The quantitative estimate of drug-likeness (QED) is 0.882. The van der Waals surface area contributed by atoms with E-state index in [9.17, 15) is 5.11 Å². The van der Waals surface area contributed by atoms with Crippen molar-refractivity contribution >= 4 is 0 Å². The first-order valence-electron chi connectivity index (χ1n) is 7.07. The molecule has 1 fully saturated rings. The molecule has 2 heteroatoms. The first kappa shape index (κ1) is 13.6. The summed E-state index contributed by atoms with van der Waals surface area (Å²) in [7, 11) is 0. The molecule has 1 aliphatic rings. The maximum atomic E-state index is 10.8. The molecule has 1 aromatic carbocycles. The van der Waals surface area contributed by atoms with Crippen LogP contribution in [0.3, 0.4) is 0 Å². The molecule has 0 aromatic heterocycles. The summed E-state index contributed by atoms with van der Waals surface area (Å²) in [6.07, 6.45) is 3.09. The molecule has 2 atom stereocenters. The van der Waals surface area contributed by atoms with E-state index in [0.717, 1.165) is 25.1 Å². The number of rotatable bonds is 4. The van der Waals surface area contributed by atoms with Crippen LogP contribution in [0.15, 0.2) is 24.3 Å². The van der Waals surface area contributed by atoms with Crippen LogP contribution in [0.1, 0.15) is 50.3 Å². The highest BCUT2D eigenvalue weighted by molar-refractivity contribution is 5.26. The predicted octanol–water partition coefficient (Wildman–Crippen LogP) is 3.29. The summed E-state index contributed by atoms with van der Waals surface area (Å²) >= 11 is 0. The van der Waals surface area contributed by atoms with Gasteiger partial charge in [-0.25, -0.2) is 0 Å². The van der Waals surface area contributed by atoms with Gasteiger partial charge < -0.3 is 5.11 Å². The Kier molecular flexibility index (Phi) is 4.08. The second-order valence-corrected chi connectivity index (χ2v) is 5.72. The van der Waals surface area contributed by atoms with E-state index in [0.29, 0.717) is 0 Å². The van der Waals surface area contributed by atoms with Gasteiger partial charge in [0.15, 0.2) is 0 Å². The van der Waals surface area contributed by atoms with Crippen molar-refractivity contribution in [2.24, 2.45) is 0 Å². The normalized spacial score (nSPS) is 21.8. The maximum absolute atomic E-state index is 10.8. The lowest BCUT2D eigenvalue weighted by molar-refractivity contribution is -0.0140. The Morgan fingerprint density at radius 1 is 1.33 bits per heavy atom. The van der Waals surface area contributed by atoms with Gasteiger partial charge in [0.05, 0.1) is 6.10 Å². The van der Waals surface area contributed by atoms with Crippen molar-refractivity contribution < 1.29 is 5.11 Å². The van der Waals surface area contributed by atoms with E-state index in [1.807, 2.05) is 12.1 Å². The van der Waals surface area contributed by atoms with Gasteiger partial charge in [-0.15, -0.1) is 0 Å². The van der Waals surface area contributed by atoms with E-state index < -0.39 is 6.10 Å². The third-order valence-corrected chi connectivity index (χ3v) is 4.49. The lowest BCUT2D eigenvalue weighted by atomic mass is 9.85. The SMILES string of the molecule is CCC(C)(C(O)c1cccc(C)c1)N1CCCC1. The lowest BCUT2D eigenvalue weighted by Crippen LogP contribution is -2.48. The van der Waals surface area contributed by atoms with E-state index in [-0.39, 0.29) is 5.54 Å². The van der Waals surface area contributed by atoms with Crippen LogP contribution in [0.25, 0.3) is 0 Å². The lowest BCUT2D eigenvalue weighted by Gasteiger charge is -2.42. The highest BCUT2D eigenvalue weighted by Gasteiger charge is 2.39. The molecule has 0 radical (unpaired) electrons. The Labute approximate surface area is 111 Å². The molecule has 18 heavy (non-hydrogen) atoms. The number of likely N-dealkylation sites (tertiary alicyclic amines) is 1. The number of aryl methyl sites for hydroxylation is 1. The molecule has 1 saturated heterocycles. The Morgan fingerprint density at radius 3 is 2.56 bits per heavy atom. The van der Waals surface area contributed by atoms with Gasteiger partial charge in [-0.05, 0) is 51.8 Å². The minimum Gasteiger partial charge on any atom is -0.386 e. The van der Waals surface area contributed by atoms with Crippen LogP contribution in [-0.2, 0) is 0 Å². The number of hydrogen-bond acceptors (Lipinski definition) is 2. The summed E-state index contributed by atoms with van der Waals surface area (Å²) in [5.74, 6) is 0. The third-order valence-electron chi connectivity index (χ3n) is 4.49. The van der Waals surface area contributed by atoms with Crippen LogP contribution < -0.4 is 0 Å². The topological polar surface area (TPSA) is 23.5 Å². The smallest absolute Gasteiger partial charge is 0.0970 e. The van der Waals surface area contributed by atoms with Gasteiger partial charge in [-0.1, -0.05) is 36.8 Å². The first-order chi connectivity index (χ1) is 8.58. The van der Waals surface area contributed by atoms with Crippen LogP contribution in [0, 0.1) is 6.92 Å². The largest absolute Gasteiger partial charge is 0.386 e. The van der Waals surface area contributed by atoms with Gasteiger partial charge in [-0.3, -0.25) is 4.90 Å². The fourth-order valence-electron chi connectivity index (χ4n) is 3.02. The van der Waals surface area contributed by atoms with Gasteiger partial charge in [-0.2, -0.15) is 0 Å². The molecule has 0 amide bonds. The third kappa shape index (κ3) is 2.45. The molecule has 2 nitrogen and oxygen atoms in total. The molecular weight excluding hydrogens is 222 g/mol. The average molecular weight is 247 g/mol. The minimum atomic E-state index is -0.402. The molecule has 0 spiro atoms. The first-order valence-corrected chi connectivity index (χ1v) is 7.07. The van der Waals surface area contributed by atoms with E-state index in [1.165, 1.54) is 18.4 Å². The summed E-state index contributed by atoms with van der Waals surface area (Å²) in [5.41, 5.74) is 2.13. The van der Waals surface area contributed by atoms with Crippen molar-refractivity contribution in [3.63, 3.8) is 0 Å². The Balaban J connectivity index is 2.26.